The molecule has 1 aromatic rings. The summed E-state index contributed by atoms with van der Waals surface area (Å²) in [4.78, 5) is 41.6. The summed E-state index contributed by atoms with van der Waals surface area (Å²) in [5.74, 6) is -0.932. The number of nitrogens with two attached hydrogens (primary N) is 1. The van der Waals surface area contributed by atoms with Crippen molar-refractivity contribution in [3.63, 3.8) is 0 Å². The van der Waals surface area contributed by atoms with Crippen LogP contribution in [0.5, 0.6) is 0 Å². The topological polar surface area (TPSA) is 105 Å². The molecule has 7 nitrogen and oxygen atoms in total. The molecule has 8 heteroatoms. The maximum atomic E-state index is 12.3. The number of anilines is 2. The van der Waals surface area contributed by atoms with E-state index in [0.29, 0.717) is 11.5 Å². The van der Waals surface area contributed by atoms with Gasteiger partial charge in [0.1, 0.15) is 12.4 Å². The van der Waals surface area contributed by atoms with Crippen molar-refractivity contribution in [1.82, 2.24) is 9.88 Å². The summed E-state index contributed by atoms with van der Waals surface area (Å²) in [7, 11) is 0. The summed E-state index contributed by atoms with van der Waals surface area (Å²) < 4.78 is 0. The summed E-state index contributed by atoms with van der Waals surface area (Å²) in [5.41, 5.74) is 5.95. The molecule has 2 heterocycles. The Hall–Kier alpha value is -2.15. The van der Waals surface area contributed by atoms with Crippen LogP contribution < -0.4 is 11.1 Å². The molecule has 2 aliphatic rings. The molecule has 1 saturated heterocycles. The van der Waals surface area contributed by atoms with Gasteiger partial charge in [-0.05, 0) is 25.0 Å². The molecule has 2 atom stereocenters. The van der Waals surface area contributed by atoms with Gasteiger partial charge in [0, 0.05) is 0 Å². The zero-order valence-electron chi connectivity index (χ0n) is 12.5. The summed E-state index contributed by atoms with van der Waals surface area (Å²) >= 11 is 0. The van der Waals surface area contributed by atoms with Gasteiger partial charge >= 0.3 is 0 Å². The Morgan fingerprint density at radius 2 is 1.83 bits per heavy atom. The van der Waals surface area contributed by atoms with Gasteiger partial charge in [0.15, 0.2) is 0 Å². The number of fused-ring (bicyclic) bond motifs is 1. The third-order valence-electron chi connectivity index (χ3n) is 4.30. The molecular formula is C15H19ClN4O3. The maximum Gasteiger partial charge on any atom is 0.244 e. The highest BCUT2D eigenvalue weighted by Gasteiger charge is 2.48. The molecule has 3 N–H and O–H groups in total. The lowest BCUT2D eigenvalue weighted by Gasteiger charge is -2.19. The minimum absolute atomic E-state index is 0. The number of hydrogen-bond donors (Lipinski definition) is 2. The van der Waals surface area contributed by atoms with Crippen LogP contribution in [0.15, 0.2) is 18.3 Å². The predicted octanol–water partition coefficient (Wildman–Crippen LogP) is 1.20. The van der Waals surface area contributed by atoms with Crippen LogP contribution in [-0.4, -0.2) is 34.2 Å². The molecule has 0 bridgehead atoms. The second-order valence-electron chi connectivity index (χ2n) is 5.78. The Kier molecular flexibility index (Phi) is 5.20. The smallest absolute Gasteiger partial charge is 0.244 e. The molecule has 1 saturated carbocycles. The molecule has 0 aromatic carbocycles. The van der Waals surface area contributed by atoms with Gasteiger partial charge in [0.25, 0.3) is 0 Å². The zero-order chi connectivity index (χ0) is 15.7. The highest BCUT2D eigenvalue weighted by atomic mass is 35.5. The van der Waals surface area contributed by atoms with Crippen LogP contribution in [-0.2, 0) is 14.4 Å². The number of pyridine rings is 1. The molecule has 3 amide bonds. The van der Waals surface area contributed by atoms with E-state index in [2.05, 4.69) is 10.3 Å². The van der Waals surface area contributed by atoms with E-state index < -0.39 is 5.91 Å². The molecule has 2 unspecified atom stereocenters. The second-order valence-corrected chi connectivity index (χ2v) is 5.78. The normalized spacial score (nSPS) is 23.2. The number of nitrogen functional groups attached to an aromatic ring is 1. The van der Waals surface area contributed by atoms with Crippen molar-refractivity contribution in [2.45, 2.75) is 25.7 Å². The SMILES string of the molecule is Cl.Nc1ccc(NC(=O)CN2C(=O)C3CCCCC3C2=O)cn1. The molecule has 0 spiro atoms. The summed E-state index contributed by atoms with van der Waals surface area (Å²) in [6, 6.07) is 3.18. The van der Waals surface area contributed by atoms with Gasteiger partial charge in [-0.3, -0.25) is 19.3 Å². The molecular weight excluding hydrogens is 320 g/mol. The highest BCUT2D eigenvalue weighted by molar-refractivity contribution is 6.08. The van der Waals surface area contributed by atoms with E-state index in [1.54, 1.807) is 12.1 Å². The van der Waals surface area contributed by atoms with Crippen LogP contribution in [0, 0.1) is 11.8 Å². The fraction of sp³-hybridized carbons (Fsp3) is 0.467. The van der Waals surface area contributed by atoms with Crippen molar-refractivity contribution < 1.29 is 14.4 Å². The van der Waals surface area contributed by atoms with Crippen LogP contribution in [0.2, 0.25) is 0 Å². The average molecular weight is 339 g/mol. The minimum atomic E-state index is -0.410. The van der Waals surface area contributed by atoms with Crippen molar-refractivity contribution in [1.29, 1.82) is 0 Å². The Balaban J connectivity index is 0.00000192. The number of carbonyl (C=O) groups excluding carboxylic acids is 3. The summed E-state index contributed by atoms with van der Waals surface area (Å²) in [6.45, 7) is -0.241. The molecule has 1 aliphatic carbocycles. The van der Waals surface area contributed by atoms with Crippen molar-refractivity contribution in [3.8, 4) is 0 Å². The number of rotatable bonds is 3. The number of hydrogen-bond acceptors (Lipinski definition) is 5. The van der Waals surface area contributed by atoms with Gasteiger partial charge in [-0.25, -0.2) is 4.98 Å². The summed E-state index contributed by atoms with van der Waals surface area (Å²) in [6.07, 6.45) is 4.86. The third kappa shape index (κ3) is 3.44. The number of aromatic nitrogens is 1. The van der Waals surface area contributed by atoms with E-state index in [1.165, 1.54) is 6.20 Å². The van der Waals surface area contributed by atoms with Crippen LogP contribution in [0.4, 0.5) is 11.5 Å². The predicted molar refractivity (Wildman–Crippen MR) is 86.7 cm³/mol. The van der Waals surface area contributed by atoms with Crippen LogP contribution in [0.3, 0.4) is 0 Å². The lowest BCUT2D eigenvalue weighted by molar-refractivity contribution is -0.142. The van der Waals surface area contributed by atoms with Crippen molar-refractivity contribution >= 4 is 41.6 Å². The van der Waals surface area contributed by atoms with Gasteiger partial charge in [0.05, 0.1) is 23.7 Å². The molecule has 23 heavy (non-hydrogen) atoms. The lowest BCUT2D eigenvalue weighted by Crippen LogP contribution is -2.38. The van der Waals surface area contributed by atoms with Crippen molar-refractivity contribution in [2.75, 3.05) is 17.6 Å². The van der Waals surface area contributed by atoms with E-state index in [4.69, 9.17) is 5.73 Å². The monoisotopic (exact) mass is 338 g/mol. The number of nitrogens with one attached hydrogen (secondary N) is 1. The molecule has 0 radical (unpaired) electrons. The molecule has 124 valence electrons. The van der Waals surface area contributed by atoms with E-state index in [1.807, 2.05) is 0 Å². The van der Waals surface area contributed by atoms with Crippen LogP contribution in [0.1, 0.15) is 25.7 Å². The fourth-order valence-electron chi connectivity index (χ4n) is 3.21. The second kappa shape index (κ2) is 6.95. The Bertz CT molecular complexity index is 596. The number of nitrogens with zero attached hydrogens (tertiary/aromatic N) is 2. The molecule has 3 rings (SSSR count). The maximum absolute atomic E-state index is 12.3. The Morgan fingerprint density at radius 1 is 1.22 bits per heavy atom. The molecule has 1 aliphatic heterocycles. The van der Waals surface area contributed by atoms with Crippen molar-refractivity contribution in [2.24, 2.45) is 11.8 Å². The van der Waals surface area contributed by atoms with Gasteiger partial charge < -0.3 is 11.1 Å². The Morgan fingerprint density at radius 3 is 2.35 bits per heavy atom. The number of imide groups is 1. The van der Waals surface area contributed by atoms with Gasteiger partial charge in [0.2, 0.25) is 17.7 Å². The number of likely N-dealkylation sites (tertiary alicyclic amines) is 1. The highest BCUT2D eigenvalue weighted by Crippen LogP contribution is 2.37. The first-order valence-electron chi connectivity index (χ1n) is 7.43. The first-order valence-corrected chi connectivity index (χ1v) is 7.43. The number of carbonyl (C=O) groups is 3. The van der Waals surface area contributed by atoms with Gasteiger partial charge in [-0.1, -0.05) is 12.8 Å². The fourth-order valence-corrected chi connectivity index (χ4v) is 3.21. The number of halogens is 1. The minimum Gasteiger partial charge on any atom is -0.384 e. The molecule has 2 fully saturated rings. The largest absolute Gasteiger partial charge is 0.384 e. The lowest BCUT2D eigenvalue weighted by atomic mass is 9.81. The van der Waals surface area contributed by atoms with Gasteiger partial charge in [-0.2, -0.15) is 0 Å². The first-order chi connectivity index (χ1) is 10.6. The quantitative estimate of drug-likeness (QED) is 0.805. The van der Waals surface area contributed by atoms with E-state index in [-0.39, 0.29) is 42.6 Å². The first kappa shape index (κ1) is 17.2. The van der Waals surface area contributed by atoms with Crippen molar-refractivity contribution in [3.05, 3.63) is 18.3 Å². The zero-order valence-corrected chi connectivity index (χ0v) is 13.3. The number of amides is 3. The summed E-state index contributed by atoms with van der Waals surface area (Å²) in [5, 5.41) is 2.62. The van der Waals surface area contributed by atoms with E-state index in [0.717, 1.165) is 30.6 Å². The Labute approximate surface area is 140 Å². The standard InChI is InChI=1S/C15H18N4O3.ClH/c16-12-6-5-9(7-17-12)18-13(20)8-19-14(21)10-3-1-2-4-11(10)15(19)22;/h5-7,10-11H,1-4,8H2,(H2,16,17)(H,18,20);1H. The van der Waals surface area contributed by atoms with Crippen LogP contribution >= 0.6 is 12.4 Å². The van der Waals surface area contributed by atoms with E-state index >= 15 is 0 Å². The van der Waals surface area contributed by atoms with E-state index in [9.17, 15) is 14.4 Å². The van der Waals surface area contributed by atoms with Gasteiger partial charge in [-0.15, -0.1) is 12.4 Å². The van der Waals surface area contributed by atoms with Crippen LogP contribution in [0.25, 0.3) is 0 Å². The average Bonchev–Trinajstić information content (AvgIpc) is 2.75. The molecule has 1 aromatic heterocycles. The third-order valence-corrected chi connectivity index (χ3v) is 4.30.